The van der Waals surface area contributed by atoms with Crippen LogP contribution in [0.15, 0.2) is 24.3 Å². The number of rotatable bonds is 6. The van der Waals surface area contributed by atoms with Gasteiger partial charge in [-0.2, -0.15) is 0 Å². The maximum absolute atomic E-state index is 5.12. The second-order valence-corrected chi connectivity index (χ2v) is 6.01. The average molecular weight is 261 g/mol. The molecule has 0 spiro atoms. The Kier molecular flexibility index (Phi) is 5.87. The van der Waals surface area contributed by atoms with Gasteiger partial charge >= 0.3 is 0 Å². The number of nitrogens with one attached hydrogen (secondary N) is 1. The Labute approximate surface area is 117 Å². The van der Waals surface area contributed by atoms with Gasteiger partial charge in [0.2, 0.25) is 0 Å². The topological polar surface area (TPSA) is 21.3 Å². The van der Waals surface area contributed by atoms with Crippen molar-refractivity contribution in [1.29, 1.82) is 0 Å². The Morgan fingerprint density at radius 3 is 2.32 bits per heavy atom. The second-order valence-electron chi connectivity index (χ2n) is 6.01. The molecule has 0 aliphatic heterocycles. The highest BCUT2D eigenvalue weighted by molar-refractivity contribution is 5.21. The molecule has 0 heterocycles. The summed E-state index contributed by atoms with van der Waals surface area (Å²) in [5.74, 6) is 1.84. The summed E-state index contributed by atoms with van der Waals surface area (Å²) in [4.78, 5) is 0. The van der Waals surface area contributed by atoms with Gasteiger partial charge in [-0.3, -0.25) is 0 Å². The lowest BCUT2D eigenvalue weighted by atomic mass is 9.83. The molecule has 1 fully saturated rings. The fourth-order valence-electron chi connectivity index (χ4n) is 2.87. The van der Waals surface area contributed by atoms with Crippen LogP contribution in [0.25, 0.3) is 0 Å². The maximum Gasteiger partial charge on any atom is 0.0713 e. The van der Waals surface area contributed by atoms with Crippen molar-refractivity contribution in [3.63, 3.8) is 0 Å². The largest absolute Gasteiger partial charge is 0.380 e. The molecule has 2 heteroatoms. The van der Waals surface area contributed by atoms with Crippen LogP contribution in [0.3, 0.4) is 0 Å². The van der Waals surface area contributed by atoms with E-state index in [4.69, 9.17) is 4.74 Å². The van der Waals surface area contributed by atoms with Crippen LogP contribution in [0, 0.1) is 11.8 Å². The van der Waals surface area contributed by atoms with Crippen molar-refractivity contribution in [2.45, 2.75) is 45.8 Å². The number of hydrogen-bond donors (Lipinski definition) is 1. The molecule has 106 valence electrons. The van der Waals surface area contributed by atoms with E-state index in [2.05, 4.69) is 36.5 Å². The fraction of sp³-hybridized carbons (Fsp3) is 0.647. The minimum Gasteiger partial charge on any atom is -0.380 e. The maximum atomic E-state index is 5.12. The molecule has 2 nitrogen and oxygen atoms in total. The van der Waals surface area contributed by atoms with Crippen LogP contribution in [0.5, 0.6) is 0 Å². The highest BCUT2D eigenvalue weighted by Gasteiger charge is 2.17. The molecule has 1 aromatic rings. The zero-order valence-electron chi connectivity index (χ0n) is 12.3. The van der Waals surface area contributed by atoms with Crippen molar-refractivity contribution >= 4 is 0 Å². The van der Waals surface area contributed by atoms with Gasteiger partial charge in [-0.1, -0.05) is 44.0 Å². The average Bonchev–Trinajstić information content (AvgIpc) is 2.43. The molecular weight excluding hydrogens is 234 g/mol. The normalized spacial score (nSPS) is 23.5. The Balaban J connectivity index is 1.67. The van der Waals surface area contributed by atoms with Crippen LogP contribution in [0.1, 0.15) is 43.7 Å². The Morgan fingerprint density at radius 2 is 1.68 bits per heavy atom. The molecule has 0 unspecified atom stereocenters. The first kappa shape index (κ1) is 14.5. The predicted octanol–water partition coefficient (Wildman–Crippen LogP) is 3.75. The fourth-order valence-corrected chi connectivity index (χ4v) is 2.87. The lowest BCUT2D eigenvalue weighted by Gasteiger charge is -2.26. The van der Waals surface area contributed by atoms with Gasteiger partial charge < -0.3 is 10.1 Å². The van der Waals surface area contributed by atoms with Crippen molar-refractivity contribution < 1.29 is 4.74 Å². The van der Waals surface area contributed by atoms with Crippen molar-refractivity contribution in [3.8, 4) is 0 Å². The van der Waals surface area contributed by atoms with Gasteiger partial charge in [-0.15, -0.1) is 0 Å². The SMILES string of the molecule is COCc1ccc(CNCC2CCC(C)CC2)cc1. The van der Waals surface area contributed by atoms with Gasteiger partial charge in [0.25, 0.3) is 0 Å². The first-order valence-corrected chi connectivity index (χ1v) is 7.55. The van der Waals surface area contributed by atoms with E-state index in [1.165, 1.54) is 43.4 Å². The van der Waals surface area contributed by atoms with Crippen LogP contribution >= 0.6 is 0 Å². The second kappa shape index (κ2) is 7.66. The zero-order chi connectivity index (χ0) is 13.5. The molecule has 0 atom stereocenters. The van der Waals surface area contributed by atoms with E-state index >= 15 is 0 Å². The molecule has 1 aliphatic rings. The van der Waals surface area contributed by atoms with Crippen molar-refractivity contribution in [3.05, 3.63) is 35.4 Å². The van der Waals surface area contributed by atoms with E-state index in [1.54, 1.807) is 7.11 Å². The minimum absolute atomic E-state index is 0.702. The predicted molar refractivity (Wildman–Crippen MR) is 80.0 cm³/mol. The smallest absolute Gasteiger partial charge is 0.0713 e. The molecule has 1 aromatic carbocycles. The highest BCUT2D eigenvalue weighted by Crippen LogP contribution is 2.27. The first-order chi connectivity index (χ1) is 9.28. The number of ether oxygens (including phenoxy) is 1. The summed E-state index contributed by atoms with van der Waals surface area (Å²) in [7, 11) is 1.74. The van der Waals surface area contributed by atoms with E-state index in [0.717, 1.165) is 18.4 Å². The molecule has 0 amide bonds. The monoisotopic (exact) mass is 261 g/mol. The summed E-state index contributed by atoms with van der Waals surface area (Å²) < 4.78 is 5.12. The molecule has 2 rings (SSSR count). The van der Waals surface area contributed by atoms with Gasteiger partial charge in [-0.25, -0.2) is 0 Å². The van der Waals surface area contributed by atoms with Gasteiger partial charge in [0, 0.05) is 13.7 Å². The molecule has 19 heavy (non-hydrogen) atoms. The highest BCUT2D eigenvalue weighted by atomic mass is 16.5. The van der Waals surface area contributed by atoms with Gasteiger partial charge in [0.1, 0.15) is 0 Å². The molecule has 0 radical (unpaired) electrons. The third-order valence-electron chi connectivity index (χ3n) is 4.23. The molecule has 0 bridgehead atoms. The summed E-state index contributed by atoms with van der Waals surface area (Å²) in [6.07, 6.45) is 5.64. The van der Waals surface area contributed by atoms with Crippen molar-refractivity contribution in [1.82, 2.24) is 5.32 Å². The lowest BCUT2D eigenvalue weighted by Crippen LogP contribution is -2.25. The summed E-state index contributed by atoms with van der Waals surface area (Å²) in [6.45, 7) is 5.24. The molecule has 0 aromatic heterocycles. The summed E-state index contributed by atoms with van der Waals surface area (Å²) in [5, 5.41) is 3.61. The molecule has 1 saturated carbocycles. The minimum atomic E-state index is 0.702. The van der Waals surface area contributed by atoms with Crippen LogP contribution in [-0.2, 0) is 17.9 Å². The van der Waals surface area contributed by atoms with Gasteiger partial charge in [0.15, 0.2) is 0 Å². The van der Waals surface area contributed by atoms with Crippen molar-refractivity contribution in [2.75, 3.05) is 13.7 Å². The zero-order valence-corrected chi connectivity index (χ0v) is 12.3. The third kappa shape index (κ3) is 4.96. The lowest BCUT2D eigenvalue weighted by molar-refractivity contribution is 0.185. The summed E-state index contributed by atoms with van der Waals surface area (Å²) in [6, 6.07) is 8.71. The van der Waals surface area contributed by atoms with Gasteiger partial charge in [0.05, 0.1) is 6.61 Å². The van der Waals surface area contributed by atoms with E-state index < -0.39 is 0 Å². The number of hydrogen-bond acceptors (Lipinski definition) is 2. The quantitative estimate of drug-likeness (QED) is 0.842. The Bertz CT molecular complexity index is 352. The van der Waals surface area contributed by atoms with Crippen LogP contribution in [0.4, 0.5) is 0 Å². The summed E-state index contributed by atoms with van der Waals surface area (Å²) >= 11 is 0. The van der Waals surface area contributed by atoms with E-state index in [1.807, 2.05) is 0 Å². The summed E-state index contributed by atoms with van der Waals surface area (Å²) in [5.41, 5.74) is 2.61. The van der Waals surface area contributed by atoms with Crippen LogP contribution < -0.4 is 5.32 Å². The van der Waals surface area contributed by atoms with E-state index in [9.17, 15) is 0 Å². The number of methoxy groups -OCH3 is 1. The molecule has 1 N–H and O–H groups in total. The van der Waals surface area contributed by atoms with Crippen LogP contribution in [0.2, 0.25) is 0 Å². The van der Waals surface area contributed by atoms with Crippen molar-refractivity contribution in [2.24, 2.45) is 11.8 Å². The van der Waals surface area contributed by atoms with Crippen LogP contribution in [-0.4, -0.2) is 13.7 Å². The Morgan fingerprint density at radius 1 is 1.05 bits per heavy atom. The molecule has 1 aliphatic carbocycles. The molecule has 0 saturated heterocycles. The van der Waals surface area contributed by atoms with Gasteiger partial charge in [-0.05, 0) is 42.3 Å². The Hall–Kier alpha value is -0.860. The molecular formula is C17H27NO. The number of benzene rings is 1. The third-order valence-corrected chi connectivity index (χ3v) is 4.23. The van der Waals surface area contributed by atoms with E-state index in [-0.39, 0.29) is 0 Å². The standard InChI is InChI=1S/C17H27NO/c1-14-3-5-15(6-4-14)11-18-12-16-7-9-17(10-8-16)13-19-2/h7-10,14-15,18H,3-6,11-13H2,1-2H3. The van der Waals surface area contributed by atoms with E-state index in [0.29, 0.717) is 6.61 Å². The first-order valence-electron chi connectivity index (χ1n) is 7.55.